The first-order valence-electron chi connectivity index (χ1n) is 7.98. The molecule has 0 amide bonds. The second-order valence-corrected chi connectivity index (χ2v) is 6.95. The van der Waals surface area contributed by atoms with Gasteiger partial charge in [-0.05, 0) is 40.8 Å². The van der Waals surface area contributed by atoms with Gasteiger partial charge in [0.15, 0.2) is 11.6 Å². The molecule has 0 bridgehead atoms. The fourth-order valence-corrected chi connectivity index (χ4v) is 4.00. The molecule has 2 N–H and O–H groups in total. The molecule has 0 saturated carbocycles. The van der Waals surface area contributed by atoms with E-state index >= 15 is 0 Å². The lowest BCUT2D eigenvalue weighted by Crippen LogP contribution is -2.47. The van der Waals surface area contributed by atoms with Gasteiger partial charge >= 0.3 is 0 Å². The first kappa shape index (κ1) is 17.1. The van der Waals surface area contributed by atoms with Crippen LogP contribution in [0.1, 0.15) is 24.4 Å². The fourth-order valence-electron chi connectivity index (χ4n) is 3.58. The standard InChI is InChI=1S/C16H21BrF2N2O2/c17-11-9-12(18)14(19)13(16(11)22)15(10-1-7-23-8-2-10)21-5-3-20-4-6-21/h9-10,15,20,22H,1-8H2/t15-/m1/s1. The van der Waals surface area contributed by atoms with Crippen LogP contribution in [-0.2, 0) is 4.74 Å². The van der Waals surface area contributed by atoms with Gasteiger partial charge in [-0.15, -0.1) is 0 Å². The Kier molecular flexibility index (Phi) is 5.51. The van der Waals surface area contributed by atoms with E-state index in [-0.39, 0.29) is 27.7 Å². The van der Waals surface area contributed by atoms with Gasteiger partial charge in [0.1, 0.15) is 5.75 Å². The number of ether oxygens (including phenoxy) is 1. The molecule has 2 saturated heterocycles. The van der Waals surface area contributed by atoms with E-state index < -0.39 is 11.6 Å². The van der Waals surface area contributed by atoms with Gasteiger partial charge in [-0.1, -0.05) is 0 Å². The Hall–Kier alpha value is -0.760. The quantitative estimate of drug-likeness (QED) is 0.778. The van der Waals surface area contributed by atoms with Crippen molar-refractivity contribution in [2.24, 2.45) is 5.92 Å². The SMILES string of the molecule is Oc1c(Br)cc(F)c(F)c1[C@@H](C1CCOCC1)N1CCNCC1. The lowest BCUT2D eigenvalue weighted by atomic mass is 9.84. The van der Waals surface area contributed by atoms with E-state index in [0.717, 1.165) is 45.1 Å². The summed E-state index contributed by atoms with van der Waals surface area (Å²) < 4.78 is 34.1. The van der Waals surface area contributed by atoms with Crippen molar-refractivity contribution >= 4 is 15.9 Å². The third kappa shape index (κ3) is 3.52. The molecule has 1 aromatic carbocycles. The predicted molar refractivity (Wildman–Crippen MR) is 86.4 cm³/mol. The van der Waals surface area contributed by atoms with E-state index in [1.54, 1.807) is 0 Å². The Morgan fingerprint density at radius 2 is 1.91 bits per heavy atom. The third-order valence-corrected chi connectivity index (χ3v) is 5.34. The maximum Gasteiger partial charge on any atom is 0.167 e. The van der Waals surface area contributed by atoms with E-state index in [0.29, 0.717) is 13.2 Å². The van der Waals surface area contributed by atoms with Crippen molar-refractivity contribution in [3.05, 3.63) is 27.7 Å². The van der Waals surface area contributed by atoms with Crippen molar-refractivity contribution in [1.82, 2.24) is 10.2 Å². The summed E-state index contributed by atoms with van der Waals surface area (Å²) in [4.78, 5) is 2.15. The molecule has 2 aliphatic rings. The summed E-state index contributed by atoms with van der Waals surface area (Å²) in [5.41, 5.74) is 0.0747. The zero-order valence-corrected chi connectivity index (χ0v) is 14.4. The number of phenols is 1. The van der Waals surface area contributed by atoms with Crippen LogP contribution in [0, 0.1) is 17.6 Å². The summed E-state index contributed by atoms with van der Waals surface area (Å²) in [7, 11) is 0. The Balaban J connectivity index is 2.03. The highest BCUT2D eigenvalue weighted by atomic mass is 79.9. The van der Waals surface area contributed by atoms with Gasteiger partial charge in [0.25, 0.3) is 0 Å². The van der Waals surface area contributed by atoms with Crippen molar-refractivity contribution in [3.8, 4) is 5.75 Å². The summed E-state index contributed by atoms with van der Waals surface area (Å²) in [5, 5.41) is 13.7. The van der Waals surface area contributed by atoms with Crippen LogP contribution >= 0.6 is 15.9 Å². The van der Waals surface area contributed by atoms with E-state index in [1.807, 2.05) is 0 Å². The molecule has 0 radical (unpaired) electrons. The van der Waals surface area contributed by atoms with Gasteiger partial charge in [-0.25, -0.2) is 8.78 Å². The monoisotopic (exact) mass is 390 g/mol. The number of nitrogens with one attached hydrogen (secondary N) is 1. The second-order valence-electron chi connectivity index (χ2n) is 6.10. The van der Waals surface area contributed by atoms with Crippen LogP contribution in [0.3, 0.4) is 0 Å². The number of nitrogens with zero attached hydrogens (tertiary/aromatic N) is 1. The van der Waals surface area contributed by atoms with Crippen LogP contribution in [0.4, 0.5) is 8.78 Å². The molecule has 1 aromatic rings. The third-order valence-electron chi connectivity index (χ3n) is 4.73. The Bertz CT molecular complexity index is 517. The molecule has 0 unspecified atom stereocenters. The Morgan fingerprint density at radius 1 is 1.26 bits per heavy atom. The van der Waals surface area contributed by atoms with Crippen LogP contribution < -0.4 is 5.32 Å². The molecule has 0 spiro atoms. The number of aromatic hydroxyl groups is 1. The van der Waals surface area contributed by atoms with Gasteiger partial charge < -0.3 is 15.2 Å². The molecular formula is C16H21BrF2N2O2. The Labute approximate surface area is 142 Å². The molecular weight excluding hydrogens is 370 g/mol. The van der Waals surface area contributed by atoms with Crippen LogP contribution in [0.25, 0.3) is 0 Å². The number of phenolic OH excluding ortho intramolecular Hbond substituents is 1. The zero-order valence-electron chi connectivity index (χ0n) is 12.8. The molecule has 23 heavy (non-hydrogen) atoms. The lowest BCUT2D eigenvalue weighted by Gasteiger charge is -2.41. The minimum absolute atomic E-state index is 0.0747. The fraction of sp³-hybridized carbons (Fsp3) is 0.625. The number of benzene rings is 1. The van der Waals surface area contributed by atoms with Gasteiger partial charge in [-0.3, -0.25) is 4.90 Å². The molecule has 1 atom stereocenters. The number of piperazine rings is 1. The molecule has 2 fully saturated rings. The topological polar surface area (TPSA) is 44.7 Å². The predicted octanol–water partition coefficient (Wildman–Crippen LogP) is 2.81. The second kappa shape index (κ2) is 7.42. The van der Waals surface area contributed by atoms with Gasteiger partial charge in [0.2, 0.25) is 0 Å². The van der Waals surface area contributed by atoms with Gasteiger partial charge in [0.05, 0.1) is 10.0 Å². The van der Waals surface area contributed by atoms with E-state index in [4.69, 9.17) is 4.74 Å². The summed E-state index contributed by atoms with van der Waals surface area (Å²) >= 11 is 3.14. The molecule has 4 nitrogen and oxygen atoms in total. The number of hydrogen-bond acceptors (Lipinski definition) is 4. The van der Waals surface area contributed by atoms with Crippen molar-refractivity contribution in [2.75, 3.05) is 39.4 Å². The number of hydrogen-bond donors (Lipinski definition) is 2. The number of halogens is 3. The minimum Gasteiger partial charge on any atom is -0.506 e. The summed E-state index contributed by atoms with van der Waals surface area (Å²) in [6.07, 6.45) is 1.56. The normalized spacial score (nSPS) is 22.2. The molecule has 2 aliphatic heterocycles. The molecule has 0 aromatic heterocycles. The van der Waals surface area contributed by atoms with Crippen LogP contribution in [-0.4, -0.2) is 49.4 Å². The van der Waals surface area contributed by atoms with Crippen LogP contribution in [0.15, 0.2) is 10.5 Å². The van der Waals surface area contributed by atoms with Crippen molar-refractivity contribution < 1.29 is 18.6 Å². The molecule has 7 heteroatoms. The first-order valence-corrected chi connectivity index (χ1v) is 8.77. The van der Waals surface area contributed by atoms with Crippen LogP contribution in [0.2, 0.25) is 0 Å². The van der Waals surface area contributed by atoms with Crippen molar-refractivity contribution in [3.63, 3.8) is 0 Å². The van der Waals surface area contributed by atoms with Crippen LogP contribution in [0.5, 0.6) is 5.75 Å². The lowest BCUT2D eigenvalue weighted by molar-refractivity contribution is 0.0193. The maximum atomic E-state index is 14.6. The highest BCUT2D eigenvalue weighted by Crippen LogP contribution is 2.43. The number of rotatable bonds is 3. The minimum atomic E-state index is -0.944. The highest BCUT2D eigenvalue weighted by molar-refractivity contribution is 9.10. The molecule has 128 valence electrons. The zero-order chi connectivity index (χ0) is 16.4. The molecule has 0 aliphatic carbocycles. The first-order chi connectivity index (χ1) is 11.1. The average molecular weight is 391 g/mol. The molecule has 3 rings (SSSR count). The summed E-state index contributed by atoms with van der Waals surface area (Å²) in [5.74, 6) is -1.94. The summed E-state index contributed by atoms with van der Waals surface area (Å²) in [6, 6.07) is 0.639. The molecule has 2 heterocycles. The van der Waals surface area contributed by atoms with Gasteiger partial charge in [-0.2, -0.15) is 0 Å². The van der Waals surface area contributed by atoms with Crippen molar-refractivity contribution in [2.45, 2.75) is 18.9 Å². The van der Waals surface area contributed by atoms with E-state index in [9.17, 15) is 13.9 Å². The highest BCUT2D eigenvalue weighted by Gasteiger charge is 2.36. The smallest absolute Gasteiger partial charge is 0.167 e. The van der Waals surface area contributed by atoms with E-state index in [2.05, 4.69) is 26.1 Å². The van der Waals surface area contributed by atoms with Gasteiger partial charge in [0, 0.05) is 45.4 Å². The van der Waals surface area contributed by atoms with Crippen molar-refractivity contribution in [1.29, 1.82) is 0 Å². The summed E-state index contributed by atoms with van der Waals surface area (Å²) in [6.45, 7) is 4.33. The Morgan fingerprint density at radius 3 is 2.57 bits per heavy atom. The average Bonchev–Trinajstić information content (AvgIpc) is 2.58. The van der Waals surface area contributed by atoms with E-state index in [1.165, 1.54) is 0 Å². The maximum absolute atomic E-state index is 14.6. The largest absolute Gasteiger partial charge is 0.506 e.